The molecule has 0 aliphatic heterocycles. The van der Waals surface area contributed by atoms with E-state index >= 15 is 0 Å². The van der Waals surface area contributed by atoms with E-state index in [-0.39, 0.29) is 19.9 Å². The van der Waals surface area contributed by atoms with Crippen LogP contribution in [0.15, 0.2) is 12.1 Å². The highest BCUT2D eigenvalue weighted by Gasteiger charge is 2.32. The number of hydrogen-bond donors (Lipinski definition) is 0. The Hall–Kier alpha value is -0.500. The van der Waals surface area contributed by atoms with Crippen molar-refractivity contribution < 1.29 is 22.7 Å². The third-order valence-corrected chi connectivity index (χ3v) is 3.47. The van der Waals surface area contributed by atoms with Crippen molar-refractivity contribution in [1.82, 2.24) is 0 Å². The molecule has 1 rings (SSSR count). The molecule has 16 heavy (non-hydrogen) atoms. The summed E-state index contributed by atoms with van der Waals surface area (Å²) in [6.07, 6.45) is -4.80. The largest absolute Gasteiger partial charge is 0.573 e. The molecule has 1 aromatic rings. The molecular formula is C9H5ClF3IO2. The number of rotatable bonds is 2. The fourth-order valence-electron chi connectivity index (χ4n) is 1.01. The predicted molar refractivity (Wildman–Crippen MR) is 60.9 cm³/mol. The van der Waals surface area contributed by atoms with E-state index in [1.54, 1.807) is 22.6 Å². The number of carbonyl (C=O) groups is 1. The van der Waals surface area contributed by atoms with Gasteiger partial charge in [-0.1, -0.05) is 11.6 Å². The molecule has 0 unspecified atom stereocenters. The number of Topliss-reactive ketones (excluding diaryl/α,β-unsaturated/α-hetero) is 1. The summed E-state index contributed by atoms with van der Waals surface area (Å²) in [6, 6.07) is 2.27. The fourth-order valence-corrected chi connectivity index (χ4v) is 2.04. The molecule has 0 saturated heterocycles. The maximum absolute atomic E-state index is 12.0. The Bertz CT molecular complexity index is 431. The Labute approximate surface area is 108 Å². The van der Waals surface area contributed by atoms with Gasteiger partial charge in [0.15, 0.2) is 5.78 Å². The molecule has 0 heterocycles. The molecule has 0 radical (unpaired) electrons. The van der Waals surface area contributed by atoms with Crippen LogP contribution in [0.1, 0.15) is 17.3 Å². The number of hydrogen-bond acceptors (Lipinski definition) is 2. The molecule has 0 spiro atoms. The molecule has 2 nitrogen and oxygen atoms in total. The van der Waals surface area contributed by atoms with Gasteiger partial charge in [0.25, 0.3) is 0 Å². The molecule has 0 aliphatic rings. The monoisotopic (exact) mass is 364 g/mol. The lowest BCUT2D eigenvalue weighted by molar-refractivity contribution is -0.274. The van der Waals surface area contributed by atoms with E-state index < -0.39 is 12.1 Å². The van der Waals surface area contributed by atoms with Crippen LogP contribution in [0.3, 0.4) is 0 Å². The molecule has 0 N–H and O–H groups in total. The summed E-state index contributed by atoms with van der Waals surface area (Å²) >= 11 is 7.36. The van der Waals surface area contributed by atoms with Crippen LogP contribution >= 0.6 is 34.2 Å². The second kappa shape index (κ2) is 4.79. The number of carbonyl (C=O) groups excluding carboxylic acids is 1. The summed E-state index contributed by atoms with van der Waals surface area (Å²) in [5.74, 6) is -0.784. The minimum Gasteiger partial charge on any atom is -0.404 e. The highest BCUT2D eigenvalue weighted by molar-refractivity contribution is 14.1. The Balaban J connectivity index is 3.17. The lowest BCUT2D eigenvalue weighted by Crippen LogP contribution is -2.17. The highest BCUT2D eigenvalue weighted by atomic mass is 127. The van der Waals surface area contributed by atoms with Gasteiger partial charge in [0, 0.05) is 9.13 Å². The second-order valence-corrected chi connectivity index (χ2v) is 4.30. The fraction of sp³-hybridized carbons (Fsp3) is 0.222. The molecule has 0 amide bonds. The van der Waals surface area contributed by atoms with Crippen LogP contribution in [-0.4, -0.2) is 12.1 Å². The molecule has 0 atom stereocenters. The standard InChI is InChI=1S/C9H5ClF3IO2/c1-4(15)5-2-3-6(7(10)8(5)14)16-9(11,12)13/h2-3H,1H3. The van der Waals surface area contributed by atoms with Gasteiger partial charge >= 0.3 is 6.36 Å². The summed E-state index contributed by atoms with van der Waals surface area (Å²) in [5, 5.41) is -0.217. The zero-order valence-corrected chi connectivity index (χ0v) is 10.8. The zero-order valence-electron chi connectivity index (χ0n) is 7.86. The van der Waals surface area contributed by atoms with Gasteiger partial charge in [-0.05, 0) is 41.6 Å². The maximum Gasteiger partial charge on any atom is 0.573 e. The first-order valence-electron chi connectivity index (χ1n) is 3.97. The number of ketones is 1. The van der Waals surface area contributed by atoms with Gasteiger partial charge < -0.3 is 4.74 Å². The Morgan fingerprint density at radius 2 is 2.00 bits per heavy atom. The predicted octanol–water partition coefficient (Wildman–Crippen LogP) is 4.05. The molecule has 0 aromatic heterocycles. The Morgan fingerprint density at radius 1 is 1.44 bits per heavy atom. The van der Waals surface area contributed by atoms with Crippen molar-refractivity contribution in [1.29, 1.82) is 0 Å². The first-order valence-corrected chi connectivity index (χ1v) is 5.42. The highest BCUT2D eigenvalue weighted by Crippen LogP contribution is 2.35. The van der Waals surface area contributed by atoms with Crippen LogP contribution in [-0.2, 0) is 0 Å². The van der Waals surface area contributed by atoms with E-state index in [0.29, 0.717) is 0 Å². The zero-order chi connectivity index (χ0) is 12.5. The van der Waals surface area contributed by atoms with E-state index in [1.165, 1.54) is 13.0 Å². The molecule has 1 aromatic carbocycles. The van der Waals surface area contributed by atoms with Gasteiger partial charge in [-0.25, -0.2) is 0 Å². The third kappa shape index (κ3) is 3.24. The van der Waals surface area contributed by atoms with Gasteiger partial charge in [-0.2, -0.15) is 0 Å². The van der Waals surface area contributed by atoms with Gasteiger partial charge in [-0.3, -0.25) is 4.79 Å². The van der Waals surface area contributed by atoms with E-state index in [4.69, 9.17) is 11.6 Å². The Kier molecular flexibility index (Phi) is 4.06. The van der Waals surface area contributed by atoms with Crippen molar-refractivity contribution in [2.75, 3.05) is 0 Å². The van der Waals surface area contributed by atoms with Gasteiger partial charge in [-0.15, -0.1) is 13.2 Å². The Morgan fingerprint density at radius 3 is 2.44 bits per heavy atom. The van der Waals surface area contributed by atoms with Crippen molar-refractivity contribution >= 4 is 40.0 Å². The molecule has 7 heteroatoms. The van der Waals surface area contributed by atoms with Gasteiger partial charge in [0.05, 0.1) is 5.02 Å². The van der Waals surface area contributed by atoms with Crippen molar-refractivity contribution in [3.63, 3.8) is 0 Å². The molecular weight excluding hydrogens is 359 g/mol. The summed E-state index contributed by atoms with van der Waals surface area (Å²) in [5.41, 5.74) is 0.264. The van der Waals surface area contributed by atoms with Crippen LogP contribution < -0.4 is 4.74 Å². The number of ether oxygens (including phenoxy) is 1. The average Bonchev–Trinajstić information content (AvgIpc) is 2.10. The molecule has 0 aliphatic carbocycles. The smallest absolute Gasteiger partial charge is 0.404 e. The SMILES string of the molecule is CC(=O)c1ccc(OC(F)(F)F)c(Cl)c1I. The number of benzene rings is 1. The summed E-state index contributed by atoms with van der Waals surface area (Å²) in [6.45, 7) is 1.30. The summed E-state index contributed by atoms with van der Waals surface area (Å²) in [4.78, 5) is 11.1. The lowest BCUT2D eigenvalue weighted by Gasteiger charge is -2.12. The first-order chi connectivity index (χ1) is 7.22. The van der Waals surface area contributed by atoms with Crippen LogP contribution in [0.25, 0.3) is 0 Å². The second-order valence-electron chi connectivity index (χ2n) is 2.84. The van der Waals surface area contributed by atoms with Crippen molar-refractivity contribution in [3.05, 3.63) is 26.3 Å². The van der Waals surface area contributed by atoms with E-state index in [2.05, 4.69) is 4.74 Å². The molecule has 88 valence electrons. The molecule has 0 fully saturated rings. The number of alkyl halides is 3. The van der Waals surface area contributed by atoms with Crippen LogP contribution in [0.4, 0.5) is 13.2 Å². The summed E-state index contributed by atoms with van der Waals surface area (Å²) in [7, 11) is 0. The van der Waals surface area contributed by atoms with Crippen LogP contribution in [0, 0.1) is 3.57 Å². The maximum atomic E-state index is 12.0. The van der Waals surface area contributed by atoms with Crippen molar-refractivity contribution in [2.24, 2.45) is 0 Å². The van der Waals surface area contributed by atoms with Crippen LogP contribution in [0.5, 0.6) is 5.75 Å². The van der Waals surface area contributed by atoms with E-state index in [9.17, 15) is 18.0 Å². The normalized spacial score (nSPS) is 11.4. The number of halogens is 5. The van der Waals surface area contributed by atoms with Crippen molar-refractivity contribution in [3.8, 4) is 5.75 Å². The van der Waals surface area contributed by atoms with E-state index in [1.807, 2.05) is 0 Å². The van der Waals surface area contributed by atoms with Gasteiger partial charge in [0.2, 0.25) is 0 Å². The first kappa shape index (κ1) is 13.6. The van der Waals surface area contributed by atoms with Crippen LogP contribution in [0.2, 0.25) is 5.02 Å². The van der Waals surface area contributed by atoms with Gasteiger partial charge in [0.1, 0.15) is 5.75 Å². The topological polar surface area (TPSA) is 26.3 Å². The quantitative estimate of drug-likeness (QED) is 0.585. The molecule has 0 bridgehead atoms. The minimum absolute atomic E-state index is 0.217. The average molecular weight is 364 g/mol. The lowest BCUT2D eigenvalue weighted by atomic mass is 10.1. The third-order valence-electron chi connectivity index (χ3n) is 1.65. The minimum atomic E-state index is -4.80. The van der Waals surface area contributed by atoms with Crippen molar-refractivity contribution in [2.45, 2.75) is 13.3 Å². The molecule has 0 saturated carbocycles. The van der Waals surface area contributed by atoms with E-state index in [0.717, 1.165) is 6.07 Å². The summed E-state index contributed by atoms with van der Waals surface area (Å²) < 4.78 is 39.8.